The topological polar surface area (TPSA) is 97.1 Å². The quantitative estimate of drug-likeness (QED) is 0.609. The first-order chi connectivity index (χ1) is 16.3. The minimum absolute atomic E-state index is 0.104. The first-order valence-corrected chi connectivity index (χ1v) is 11.2. The predicted octanol–water partition coefficient (Wildman–Crippen LogP) is 3.10. The maximum atomic E-state index is 13.2. The van der Waals surface area contributed by atoms with Gasteiger partial charge in [0.2, 0.25) is 5.91 Å². The fourth-order valence-corrected chi connectivity index (χ4v) is 4.68. The molecule has 0 spiro atoms. The van der Waals surface area contributed by atoms with E-state index >= 15 is 0 Å². The van der Waals surface area contributed by atoms with Gasteiger partial charge in [-0.15, -0.1) is 0 Å². The maximum Gasteiger partial charge on any atom is 0.316 e. The first kappa shape index (κ1) is 24.0. The standard InChI is InChI=1S/C24H26ClFN4O4/c1-33-22-8-16(21(9-20(22)25)28-24(27)32)4-7-23(31)30-18-11-29(12-19(30)14-34-13-18)10-15-2-5-17(26)6-3-15/h2-9,18-19H,10-14H2,1H3,(H3,27,28,32)/b7-4+. The number of primary amides is 1. The summed E-state index contributed by atoms with van der Waals surface area (Å²) in [6, 6.07) is 8.66. The van der Waals surface area contributed by atoms with Gasteiger partial charge in [-0.3, -0.25) is 9.69 Å². The second-order valence-corrected chi connectivity index (χ2v) is 8.71. The van der Waals surface area contributed by atoms with Crippen LogP contribution >= 0.6 is 11.6 Å². The highest BCUT2D eigenvalue weighted by atomic mass is 35.5. The molecule has 34 heavy (non-hydrogen) atoms. The van der Waals surface area contributed by atoms with Crippen molar-refractivity contribution >= 4 is 35.3 Å². The van der Waals surface area contributed by atoms with Crippen LogP contribution in [0.3, 0.4) is 0 Å². The van der Waals surface area contributed by atoms with E-state index < -0.39 is 6.03 Å². The van der Waals surface area contributed by atoms with Crippen molar-refractivity contribution in [1.29, 1.82) is 0 Å². The van der Waals surface area contributed by atoms with Crippen molar-refractivity contribution in [3.05, 3.63) is 64.4 Å². The Labute approximate surface area is 202 Å². The summed E-state index contributed by atoms with van der Waals surface area (Å²) >= 11 is 6.16. The van der Waals surface area contributed by atoms with Crippen LogP contribution in [0.25, 0.3) is 6.08 Å². The van der Waals surface area contributed by atoms with E-state index in [0.29, 0.717) is 54.9 Å². The van der Waals surface area contributed by atoms with Crippen molar-refractivity contribution in [3.8, 4) is 5.75 Å². The average Bonchev–Trinajstić information content (AvgIpc) is 2.79. The number of nitrogens with zero attached hydrogens (tertiary/aromatic N) is 2. The monoisotopic (exact) mass is 488 g/mol. The summed E-state index contributed by atoms with van der Waals surface area (Å²) in [5.74, 6) is -0.00847. The number of morpholine rings is 1. The molecule has 3 amide bonds. The molecule has 10 heteroatoms. The lowest BCUT2D eigenvalue weighted by Gasteiger charge is -2.49. The lowest BCUT2D eigenvalue weighted by Crippen LogP contribution is -2.65. The van der Waals surface area contributed by atoms with Crippen LogP contribution in [-0.4, -0.2) is 67.2 Å². The molecule has 2 aliphatic heterocycles. The van der Waals surface area contributed by atoms with Crippen LogP contribution in [0.2, 0.25) is 5.02 Å². The Bertz CT molecular complexity index is 1080. The zero-order valence-corrected chi connectivity index (χ0v) is 19.4. The van der Waals surface area contributed by atoms with Gasteiger partial charge in [-0.25, -0.2) is 9.18 Å². The van der Waals surface area contributed by atoms with Crippen molar-refractivity contribution < 1.29 is 23.5 Å². The molecule has 0 radical (unpaired) electrons. The number of anilines is 1. The van der Waals surface area contributed by atoms with E-state index in [9.17, 15) is 14.0 Å². The van der Waals surface area contributed by atoms with E-state index in [-0.39, 0.29) is 23.8 Å². The van der Waals surface area contributed by atoms with E-state index in [2.05, 4.69) is 10.2 Å². The summed E-state index contributed by atoms with van der Waals surface area (Å²) < 4.78 is 24.2. The number of carbonyl (C=O) groups excluding carboxylic acids is 2. The summed E-state index contributed by atoms with van der Waals surface area (Å²) in [5.41, 5.74) is 7.19. The number of methoxy groups -OCH3 is 1. The minimum atomic E-state index is -0.744. The molecule has 180 valence electrons. The number of urea groups is 1. The Hall–Kier alpha value is -3.14. The first-order valence-electron chi connectivity index (χ1n) is 10.8. The van der Waals surface area contributed by atoms with Gasteiger partial charge in [0, 0.05) is 31.3 Å². The van der Waals surface area contributed by atoms with Gasteiger partial charge in [-0.1, -0.05) is 23.7 Å². The average molecular weight is 489 g/mol. The number of hydrogen-bond acceptors (Lipinski definition) is 5. The highest BCUT2D eigenvalue weighted by molar-refractivity contribution is 6.32. The molecule has 0 aromatic heterocycles. The highest BCUT2D eigenvalue weighted by Gasteiger charge is 2.40. The number of halogens is 2. The summed E-state index contributed by atoms with van der Waals surface area (Å²) in [7, 11) is 1.48. The van der Waals surface area contributed by atoms with E-state index in [0.717, 1.165) is 5.56 Å². The molecule has 2 fully saturated rings. The number of fused-ring (bicyclic) bond motifs is 2. The van der Waals surface area contributed by atoms with Gasteiger partial charge in [0.1, 0.15) is 11.6 Å². The van der Waals surface area contributed by atoms with Crippen LogP contribution in [0, 0.1) is 5.82 Å². The lowest BCUT2D eigenvalue weighted by atomic mass is 10.0. The Balaban J connectivity index is 1.49. The molecule has 0 saturated carbocycles. The molecule has 2 aliphatic rings. The largest absolute Gasteiger partial charge is 0.495 e. The number of nitrogens with two attached hydrogens (primary N) is 1. The second-order valence-electron chi connectivity index (χ2n) is 8.31. The van der Waals surface area contributed by atoms with E-state index in [1.54, 1.807) is 24.3 Å². The number of ether oxygens (including phenoxy) is 2. The van der Waals surface area contributed by atoms with Crippen LogP contribution in [0.1, 0.15) is 11.1 Å². The van der Waals surface area contributed by atoms with Gasteiger partial charge >= 0.3 is 6.03 Å². The summed E-state index contributed by atoms with van der Waals surface area (Å²) in [6.07, 6.45) is 3.07. The Kier molecular flexibility index (Phi) is 7.35. The van der Waals surface area contributed by atoms with Crippen LogP contribution in [0.5, 0.6) is 5.75 Å². The number of piperazine rings is 1. The molecule has 2 atom stereocenters. The fourth-order valence-electron chi connectivity index (χ4n) is 4.44. The molecular weight excluding hydrogens is 463 g/mol. The normalized spacial score (nSPS) is 20.4. The molecule has 8 nitrogen and oxygen atoms in total. The van der Waals surface area contributed by atoms with Gasteiger partial charge < -0.3 is 25.4 Å². The maximum absolute atomic E-state index is 13.2. The zero-order chi connectivity index (χ0) is 24.2. The third-order valence-electron chi connectivity index (χ3n) is 5.91. The number of rotatable bonds is 6. The zero-order valence-electron chi connectivity index (χ0n) is 18.7. The highest BCUT2D eigenvalue weighted by Crippen LogP contribution is 2.32. The molecule has 2 aromatic rings. The molecule has 2 aromatic carbocycles. The van der Waals surface area contributed by atoms with Gasteiger partial charge in [0.15, 0.2) is 0 Å². The van der Waals surface area contributed by atoms with Gasteiger partial charge in [-0.2, -0.15) is 0 Å². The van der Waals surface area contributed by atoms with Crippen molar-refractivity contribution in [2.75, 3.05) is 38.7 Å². The third-order valence-corrected chi connectivity index (χ3v) is 6.20. The molecule has 3 N–H and O–H groups in total. The van der Waals surface area contributed by atoms with Gasteiger partial charge in [0.25, 0.3) is 0 Å². The van der Waals surface area contributed by atoms with Crippen LogP contribution in [0.4, 0.5) is 14.9 Å². The van der Waals surface area contributed by atoms with Crippen LogP contribution in [-0.2, 0) is 16.1 Å². The SMILES string of the molecule is COc1cc(/C=C/C(=O)N2C3COCC2CN(Cc2ccc(F)cc2)C3)c(NC(N)=O)cc1Cl. The molecular formula is C24H26ClFN4O4. The molecule has 2 unspecified atom stereocenters. The third kappa shape index (κ3) is 5.49. The molecule has 0 aliphatic carbocycles. The Morgan fingerprint density at radius 3 is 2.53 bits per heavy atom. The van der Waals surface area contributed by atoms with Crippen molar-refractivity contribution in [1.82, 2.24) is 9.80 Å². The predicted molar refractivity (Wildman–Crippen MR) is 127 cm³/mol. The Morgan fingerprint density at radius 1 is 1.24 bits per heavy atom. The smallest absolute Gasteiger partial charge is 0.316 e. The molecule has 2 bridgehead atoms. The van der Waals surface area contributed by atoms with Crippen LogP contribution in [0.15, 0.2) is 42.5 Å². The number of amides is 3. The van der Waals surface area contributed by atoms with E-state index in [1.807, 2.05) is 4.90 Å². The van der Waals surface area contributed by atoms with Crippen LogP contribution < -0.4 is 15.8 Å². The van der Waals surface area contributed by atoms with E-state index in [1.165, 1.54) is 31.4 Å². The lowest BCUT2D eigenvalue weighted by molar-refractivity contribution is -0.150. The summed E-state index contributed by atoms with van der Waals surface area (Å²) in [6.45, 7) is 2.86. The number of hydrogen-bond donors (Lipinski definition) is 2. The summed E-state index contributed by atoms with van der Waals surface area (Å²) in [4.78, 5) is 28.7. The summed E-state index contributed by atoms with van der Waals surface area (Å²) in [5, 5.41) is 2.82. The van der Waals surface area contributed by atoms with E-state index in [4.69, 9.17) is 26.8 Å². The second kappa shape index (κ2) is 10.4. The van der Waals surface area contributed by atoms with Gasteiger partial charge in [0.05, 0.1) is 43.1 Å². The van der Waals surface area contributed by atoms with Gasteiger partial charge in [-0.05, 0) is 35.9 Å². The van der Waals surface area contributed by atoms with Crippen molar-refractivity contribution in [3.63, 3.8) is 0 Å². The Morgan fingerprint density at radius 2 is 1.91 bits per heavy atom. The molecule has 4 rings (SSSR count). The molecule has 2 heterocycles. The number of carbonyl (C=O) groups is 2. The number of nitrogens with one attached hydrogen (secondary N) is 1. The fraction of sp³-hybridized carbons (Fsp3) is 0.333. The molecule has 2 saturated heterocycles. The van der Waals surface area contributed by atoms with Crippen molar-refractivity contribution in [2.45, 2.75) is 18.6 Å². The minimum Gasteiger partial charge on any atom is -0.495 e. The number of benzene rings is 2. The van der Waals surface area contributed by atoms with Crippen molar-refractivity contribution in [2.24, 2.45) is 5.73 Å².